The Morgan fingerprint density at radius 3 is 2.69 bits per heavy atom. The van der Waals surface area contributed by atoms with E-state index in [1.807, 2.05) is 23.6 Å². The highest BCUT2D eigenvalue weighted by atomic mass is 32.2. The Kier molecular flexibility index (Phi) is 6.96. The highest BCUT2D eigenvalue weighted by molar-refractivity contribution is 8.26. The number of nitrogens with zero attached hydrogens (tertiary/aromatic N) is 2. The quantitative estimate of drug-likeness (QED) is 0.274. The summed E-state index contributed by atoms with van der Waals surface area (Å²) in [5.74, 6) is -0.402. The first-order chi connectivity index (χ1) is 13.9. The molecule has 1 aliphatic rings. The number of nitrogens with one attached hydrogen (secondary N) is 2. The van der Waals surface area contributed by atoms with E-state index in [2.05, 4.69) is 10.9 Å². The van der Waals surface area contributed by atoms with E-state index in [-0.39, 0.29) is 23.9 Å². The number of hydrazine groups is 1. The maximum absolute atomic E-state index is 12.5. The zero-order chi connectivity index (χ0) is 20.8. The molecule has 3 rings (SSSR count). The number of thioether (sulfide) groups is 1. The number of carbonyl (C=O) groups excluding carboxylic acids is 2. The fourth-order valence-electron chi connectivity index (χ4n) is 2.46. The molecule has 0 saturated carbocycles. The molecule has 0 aliphatic carbocycles. The van der Waals surface area contributed by atoms with Gasteiger partial charge in [-0.15, -0.1) is 11.3 Å². The Balaban J connectivity index is 1.43. The summed E-state index contributed by atoms with van der Waals surface area (Å²) < 4.78 is 0.488. The number of thiocarbonyl (C=S) groups is 1. The summed E-state index contributed by atoms with van der Waals surface area (Å²) in [6.07, 6.45) is 2.47. The number of carbonyl (C=O) groups is 2. The number of thiophene rings is 1. The average molecular weight is 449 g/mol. The Morgan fingerprint density at radius 1 is 1.28 bits per heavy atom. The average Bonchev–Trinajstić information content (AvgIpc) is 3.30. The first-order valence-electron chi connectivity index (χ1n) is 8.52. The van der Waals surface area contributed by atoms with Crippen LogP contribution in [0.1, 0.15) is 17.7 Å². The first-order valence-corrected chi connectivity index (χ1v) is 10.6. The molecule has 11 heteroatoms. The van der Waals surface area contributed by atoms with Gasteiger partial charge in [0.25, 0.3) is 11.6 Å². The normalized spacial score (nSPS) is 15.0. The molecule has 1 aromatic carbocycles. The van der Waals surface area contributed by atoms with Crippen LogP contribution >= 0.6 is 35.3 Å². The number of non-ortho nitro benzene ring substituents is 1. The lowest BCUT2D eigenvalue weighted by Gasteiger charge is -2.14. The van der Waals surface area contributed by atoms with E-state index >= 15 is 0 Å². The molecule has 1 fully saturated rings. The Labute approximate surface area is 180 Å². The molecule has 1 aliphatic heterocycles. The minimum absolute atomic E-state index is 0.0292. The van der Waals surface area contributed by atoms with Crippen molar-refractivity contribution in [1.82, 2.24) is 10.3 Å². The van der Waals surface area contributed by atoms with Crippen molar-refractivity contribution in [2.45, 2.75) is 12.8 Å². The van der Waals surface area contributed by atoms with Crippen molar-refractivity contribution < 1.29 is 14.5 Å². The molecule has 150 valence electrons. The van der Waals surface area contributed by atoms with Crippen LogP contribution in [-0.4, -0.2) is 32.5 Å². The van der Waals surface area contributed by atoms with Gasteiger partial charge in [0.15, 0.2) is 0 Å². The SMILES string of the molecule is O=C(CCCN1C(=O)C(=Cc2cccs2)SC1=S)NNc1ccc([N+](=O)[O-])cc1. The number of benzene rings is 1. The maximum Gasteiger partial charge on any atom is 0.269 e. The number of nitro benzene ring substituents is 1. The van der Waals surface area contributed by atoms with E-state index in [1.54, 1.807) is 11.3 Å². The van der Waals surface area contributed by atoms with Crippen molar-refractivity contribution in [3.63, 3.8) is 0 Å². The summed E-state index contributed by atoms with van der Waals surface area (Å²) in [5.41, 5.74) is 5.72. The third-order valence-corrected chi connectivity index (χ3v) is 6.10. The largest absolute Gasteiger partial charge is 0.299 e. The van der Waals surface area contributed by atoms with Gasteiger partial charge in [0.1, 0.15) is 4.32 Å². The molecule has 29 heavy (non-hydrogen) atoms. The minimum atomic E-state index is -0.494. The lowest BCUT2D eigenvalue weighted by Crippen LogP contribution is -2.32. The molecule has 0 atom stereocenters. The molecule has 8 nitrogen and oxygen atoms in total. The van der Waals surface area contributed by atoms with Crippen LogP contribution in [-0.2, 0) is 9.59 Å². The molecule has 1 aromatic heterocycles. The van der Waals surface area contributed by atoms with Gasteiger partial charge in [0, 0.05) is 30.0 Å². The summed E-state index contributed by atoms with van der Waals surface area (Å²) in [7, 11) is 0. The van der Waals surface area contributed by atoms with Crippen LogP contribution < -0.4 is 10.9 Å². The molecule has 0 radical (unpaired) electrons. The summed E-state index contributed by atoms with van der Waals surface area (Å²) in [5, 5.41) is 12.6. The third kappa shape index (κ3) is 5.62. The standard InChI is InChI=1S/C18H16N4O4S3/c23-16(20-19-12-5-7-13(8-6-12)22(25)26)4-1-9-21-17(24)15(29-18(21)27)11-14-3-2-10-28-14/h2-3,5-8,10-11,19H,1,4,9H2,(H,20,23). The summed E-state index contributed by atoms with van der Waals surface area (Å²) in [6, 6.07) is 9.53. The lowest BCUT2D eigenvalue weighted by atomic mass is 10.2. The second kappa shape index (κ2) is 9.63. The molecule has 2 aromatic rings. The third-order valence-electron chi connectivity index (χ3n) is 3.90. The minimum Gasteiger partial charge on any atom is -0.299 e. The smallest absolute Gasteiger partial charge is 0.269 e. The van der Waals surface area contributed by atoms with Crippen molar-refractivity contribution >= 4 is 68.9 Å². The number of hydrogen-bond donors (Lipinski definition) is 2. The van der Waals surface area contributed by atoms with Crippen LogP contribution in [0.5, 0.6) is 0 Å². The van der Waals surface area contributed by atoms with E-state index in [4.69, 9.17) is 12.2 Å². The molecule has 1 saturated heterocycles. The predicted molar refractivity (Wildman–Crippen MR) is 118 cm³/mol. The van der Waals surface area contributed by atoms with Crippen LogP contribution in [0.25, 0.3) is 6.08 Å². The van der Waals surface area contributed by atoms with Gasteiger partial charge in [-0.25, -0.2) is 0 Å². The Morgan fingerprint density at radius 2 is 2.03 bits per heavy atom. The zero-order valence-electron chi connectivity index (χ0n) is 15.0. The van der Waals surface area contributed by atoms with Crippen molar-refractivity contribution in [3.05, 3.63) is 61.7 Å². The van der Waals surface area contributed by atoms with Crippen LogP contribution in [0, 0.1) is 10.1 Å². The van der Waals surface area contributed by atoms with Gasteiger partial charge >= 0.3 is 0 Å². The van der Waals surface area contributed by atoms with Gasteiger partial charge in [-0.3, -0.25) is 35.5 Å². The summed E-state index contributed by atoms with van der Waals surface area (Å²) in [6.45, 7) is 0.359. The molecule has 2 amide bonds. The van der Waals surface area contributed by atoms with Gasteiger partial charge < -0.3 is 0 Å². The Hall–Kier alpha value is -2.76. The van der Waals surface area contributed by atoms with Gasteiger partial charge in [0.2, 0.25) is 5.91 Å². The molecule has 0 unspecified atom stereocenters. The van der Waals surface area contributed by atoms with Gasteiger partial charge in [-0.1, -0.05) is 30.0 Å². The summed E-state index contributed by atoms with van der Waals surface area (Å²) in [4.78, 5) is 37.7. The number of hydrogen-bond acceptors (Lipinski definition) is 8. The molecular formula is C18H16N4O4S3. The van der Waals surface area contributed by atoms with Crippen LogP contribution in [0.2, 0.25) is 0 Å². The molecule has 2 heterocycles. The maximum atomic E-state index is 12.5. The lowest BCUT2D eigenvalue weighted by molar-refractivity contribution is -0.384. The topological polar surface area (TPSA) is 105 Å². The first kappa shape index (κ1) is 21.0. The molecule has 2 N–H and O–H groups in total. The van der Waals surface area contributed by atoms with Crippen LogP contribution in [0.3, 0.4) is 0 Å². The molecule has 0 spiro atoms. The zero-order valence-corrected chi connectivity index (χ0v) is 17.4. The van der Waals surface area contributed by atoms with Gasteiger partial charge in [-0.2, -0.15) is 0 Å². The summed E-state index contributed by atoms with van der Waals surface area (Å²) >= 11 is 8.09. The van der Waals surface area contributed by atoms with Crippen LogP contribution in [0.15, 0.2) is 46.7 Å². The van der Waals surface area contributed by atoms with Crippen molar-refractivity contribution in [3.8, 4) is 0 Å². The number of amides is 2. The second-order valence-electron chi connectivity index (χ2n) is 5.93. The fourth-order valence-corrected chi connectivity index (χ4v) is 4.50. The highest BCUT2D eigenvalue weighted by Crippen LogP contribution is 2.33. The van der Waals surface area contributed by atoms with Crippen molar-refractivity contribution in [2.75, 3.05) is 12.0 Å². The van der Waals surface area contributed by atoms with Crippen molar-refractivity contribution in [1.29, 1.82) is 0 Å². The van der Waals surface area contributed by atoms with Crippen molar-refractivity contribution in [2.24, 2.45) is 0 Å². The van der Waals surface area contributed by atoms with E-state index in [0.29, 0.717) is 27.9 Å². The van der Waals surface area contributed by atoms with E-state index in [1.165, 1.54) is 40.9 Å². The van der Waals surface area contributed by atoms with Gasteiger partial charge in [-0.05, 0) is 36.1 Å². The molecule has 0 bridgehead atoms. The van der Waals surface area contributed by atoms with Gasteiger partial charge in [0.05, 0.1) is 15.5 Å². The van der Waals surface area contributed by atoms with E-state index < -0.39 is 4.92 Å². The number of rotatable bonds is 8. The Bertz CT molecular complexity index is 958. The predicted octanol–water partition coefficient (Wildman–Crippen LogP) is 3.78. The fraction of sp³-hybridized carbons (Fsp3) is 0.167. The van der Waals surface area contributed by atoms with Crippen LogP contribution in [0.4, 0.5) is 11.4 Å². The highest BCUT2D eigenvalue weighted by Gasteiger charge is 2.31. The number of anilines is 1. The van der Waals surface area contributed by atoms with E-state index in [0.717, 1.165) is 4.88 Å². The number of nitro groups is 1. The van der Waals surface area contributed by atoms with E-state index in [9.17, 15) is 19.7 Å². The molecular weight excluding hydrogens is 432 g/mol. The monoisotopic (exact) mass is 448 g/mol. The second-order valence-corrected chi connectivity index (χ2v) is 8.58.